The van der Waals surface area contributed by atoms with Gasteiger partial charge in [0.25, 0.3) is 5.91 Å². The zero-order chi connectivity index (χ0) is 22.2. The molecule has 1 aliphatic rings. The first-order valence-corrected chi connectivity index (χ1v) is 10.6. The molecule has 0 heterocycles. The number of nitrogens with one attached hydrogen (secondary N) is 1. The number of carboxylic acid groups (broad SMARTS) is 1. The Morgan fingerprint density at radius 3 is 2.41 bits per heavy atom. The smallest absolute Gasteiger partial charge is 1.00 e. The molecule has 0 bridgehead atoms. The topological polar surface area (TPSA) is 95.9 Å². The van der Waals surface area contributed by atoms with Gasteiger partial charge in [0.1, 0.15) is 13.2 Å². The Morgan fingerprint density at radius 2 is 1.75 bits per heavy atom. The molecule has 2 N–H and O–H groups in total. The van der Waals surface area contributed by atoms with E-state index in [-0.39, 0.29) is 72.4 Å². The molecule has 0 radical (unpaired) electrons. The van der Waals surface area contributed by atoms with Crippen LogP contribution in [0.1, 0.15) is 43.9 Å². The average Bonchev–Trinajstić information content (AvgIpc) is 2.76. The molecule has 0 aromatic heterocycles. The van der Waals surface area contributed by atoms with Gasteiger partial charge in [0.2, 0.25) is 5.91 Å². The molecule has 9 heteroatoms. The summed E-state index contributed by atoms with van der Waals surface area (Å²) in [4.78, 5) is 38.3. The van der Waals surface area contributed by atoms with E-state index in [0.29, 0.717) is 0 Å². The van der Waals surface area contributed by atoms with E-state index >= 15 is 0 Å². The largest absolute Gasteiger partial charge is 1.00 e. The van der Waals surface area contributed by atoms with Gasteiger partial charge < -0.3 is 21.5 Å². The Bertz CT molecular complexity index is 942. The molecule has 1 fully saturated rings. The minimum absolute atomic E-state index is 0. The third kappa shape index (κ3) is 7.32. The van der Waals surface area contributed by atoms with E-state index < -0.39 is 11.9 Å². The van der Waals surface area contributed by atoms with Gasteiger partial charge in [0.05, 0.1) is 11.3 Å². The first-order chi connectivity index (χ1) is 15.0. The van der Waals surface area contributed by atoms with Gasteiger partial charge in [-0.15, -0.1) is 0 Å². The summed E-state index contributed by atoms with van der Waals surface area (Å²) in [5.74, 6) is -1.97. The molecule has 2 aromatic carbocycles. The maximum atomic E-state index is 12.9. The standard InChI is InChI=1S/C23H25ClN2O5.Na.H/c24-16-11-12-20(19(13-16)23(29)30)25-21(27)14-31-15-22(28)26(17-7-3-1-4-8-17)18-9-5-2-6-10-18;;/h1,3-4,7-8,11-13,18H,2,5-6,9-10,14-15H2,(H,25,27)(H,29,30);;/q;+1;-1. The van der Waals surface area contributed by atoms with Gasteiger partial charge in [-0.2, -0.15) is 0 Å². The van der Waals surface area contributed by atoms with Crippen molar-refractivity contribution in [3.8, 4) is 0 Å². The van der Waals surface area contributed by atoms with E-state index in [1.165, 1.54) is 24.6 Å². The Hall–Kier alpha value is -1.90. The van der Waals surface area contributed by atoms with Gasteiger partial charge in [-0.3, -0.25) is 9.59 Å². The molecule has 2 amide bonds. The molecule has 0 aliphatic heterocycles. The van der Waals surface area contributed by atoms with Crippen molar-refractivity contribution in [1.29, 1.82) is 0 Å². The average molecular weight is 469 g/mol. The van der Waals surface area contributed by atoms with Crippen molar-refractivity contribution in [2.24, 2.45) is 0 Å². The van der Waals surface area contributed by atoms with Crippen molar-refractivity contribution in [3.63, 3.8) is 0 Å². The van der Waals surface area contributed by atoms with E-state index in [0.717, 1.165) is 31.4 Å². The Balaban J connectivity index is 0.00000272. The van der Waals surface area contributed by atoms with Gasteiger partial charge in [-0.1, -0.05) is 49.1 Å². The minimum atomic E-state index is -1.21. The summed E-state index contributed by atoms with van der Waals surface area (Å²) in [6.07, 6.45) is 5.22. The van der Waals surface area contributed by atoms with Crippen LogP contribution in [0.25, 0.3) is 0 Å². The van der Waals surface area contributed by atoms with Gasteiger partial charge in [0.15, 0.2) is 0 Å². The quantitative estimate of drug-likeness (QED) is 0.572. The molecule has 0 unspecified atom stereocenters. The Labute approximate surface area is 215 Å². The van der Waals surface area contributed by atoms with Crippen LogP contribution >= 0.6 is 11.6 Å². The van der Waals surface area contributed by atoms with Crippen LogP contribution in [0.15, 0.2) is 48.5 Å². The zero-order valence-corrected chi connectivity index (χ0v) is 20.8. The first kappa shape index (κ1) is 26.4. The monoisotopic (exact) mass is 468 g/mol. The summed E-state index contributed by atoms with van der Waals surface area (Å²) in [6, 6.07) is 13.7. The van der Waals surface area contributed by atoms with E-state index in [9.17, 15) is 19.5 Å². The molecule has 166 valence electrons. The summed E-state index contributed by atoms with van der Waals surface area (Å²) in [7, 11) is 0. The van der Waals surface area contributed by atoms with E-state index in [2.05, 4.69) is 5.32 Å². The molecule has 1 aliphatic carbocycles. The maximum absolute atomic E-state index is 12.9. The summed E-state index contributed by atoms with van der Waals surface area (Å²) in [5, 5.41) is 12.0. The fourth-order valence-corrected chi connectivity index (χ4v) is 3.95. The number of halogens is 1. The second kappa shape index (κ2) is 13.0. The first-order valence-electron chi connectivity index (χ1n) is 10.2. The third-order valence-corrected chi connectivity index (χ3v) is 5.42. The van der Waals surface area contributed by atoms with Crippen molar-refractivity contribution >= 4 is 40.8 Å². The fourth-order valence-electron chi connectivity index (χ4n) is 3.78. The number of carbonyl (C=O) groups excluding carboxylic acids is 2. The van der Waals surface area contributed by atoms with Gasteiger partial charge in [-0.25, -0.2) is 4.79 Å². The second-order valence-electron chi connectivity index (χ2n) is 7.43. The number of nitrogens with zero attached hydrogens (tertiary/aromatic N) is 1. The number of carbonyl (C=O) groups is 3. The summed E-state index contributed by atoms with van der Waals surface area (Å²) < 4.78 is 5.37. The van der Waals surface area contributed by atoms with Crippen LogP contribution in [0.5, 0.6) is 0 Å². The minimum Gasteiger partial charge on any atom is -1.00 e. The van der Waals surface area contributed by atoms with Crippen molar-refractivity contribution in [2.45, 2.75) is 38.1 Å². The van der Waals surface area contributed by atoms with Crippen molar-refractivity contribution in [1.82, 2.24) is 0 Å². The molecule has 7 nitrogen and oxygen atoms in total. The van der Waals surface area contributed by atoms with Crippen LogP contribution in [-0.4, -0.2) is 42.1 Å². The van der Waals surface area contributed by atoms with Crippen LogP contribution in [-0.2, 0) is 14.3 Å². The number of benzene rings is 2. The van der Waals surface area contributed by atoms with Crippen molar-refractivity contribution in [2.75, 3.05) is 23.4 Å². The normalized spacial score (nSPS) is 13.7. The van der Waals surface area contributed by atoms with Crippen LogP contribution in [0.2, 0.25) is 5.02 Å². The SMILES string of the molecule is O=C(COCC(=O)N(c1ccccc1)C1CCCCC1)Nc1ccc(Cl)cc1C(=O)O.[H-].[Na+]. The maximum Gasteiger partial charge on any atom is 1.00 e. The number of amides is 2. The van der Waals surface area contributed by atoms with E-state index in [1.807, 2.05) is 30.3 Å². The number of ether oxygens (including phenoxy) is 1. The molecule has 1 saturated carbocycles. The number of hydrogen-bond donors (Lipinski definition) is 2. The Morgan fingerprint density at radius 1 is 1.06 bits per heavy atom. The van der Waals surface area contributed by atoms with E-state index in [4.69, 9.17) is 16.3 Å². The number of rotatable bonds is 8. The number of para-hydroxylation sites is 1. The predicted octanol–water partition coefficient (Wildman–Crippen LogP) is 1.48. The second-order valence-corrected chi connectivity index (χ2v) is 7.86. The van der Waals surface area contributed by atoms with Crippen molar-refractivity contribution < 1.29 is 55.2 Å². The number of carboxylic acids is 1. The molecule has 0 saturated heterocycles. The van der Waals surface area contributed by atoms with Gasteiger partial charge >= 0.3 is 35.5 Å². The molecule has 3 rings (SSSR count). The van der Waals surface area contributed by atoms with Gasteiger partial charge in [0, 0.05) is 16.8 Å². The van der Waals surface area contributed by atoms with E-state index in [1.54, 1.807) is 4.90 Å². The molecular weight excluding hydrogens is 443 g/mol. The number of aromatic carboxylic acids is 1. The summed E-state index contributed by atoms with van der Waals surface area (Å²) in [6.45, 7) is -0.619. The Kier molecular flexibility index (Phi) is 10.7. The summed E-state index contributed by atoms with van der Waals surface area (Å²) in [5.41, 5.74) is 0.814. The van der Waals surface area contributed by atoms with Gasteiger partial charge in [-0.05, 0) is 43.2 Å². The summed E-state index contributed by atoms with van der Waals surface area (Å²) >= 11 is 5.82. The van der Waals surface area contributed by atoms with Crippen LogP contribution < -0.4 is 39.8 Å². The number of hydrogen-bond acceptors (Lipinski definition) is 4. The number of anilines is 2. The third-order valence-electron chi connectivity index (χ3n) is 5.19. The molecular formula is C23H26ClN2NaO5. The zero-order valence-electron chi connectivity index (χ0n) is 19.1. The molecule has 32 heavy (non-hydrogen) atoms. The predicted molar refractivity (Wildman–Crippen MR) is 120 cm³/mol. The molecule has 0 spiro atoms. The van der Waals surface area contributed by atoms with Crippen molar-refractivity contribution in [3.05, 3.63) is 59.1 Å². The molecule has 0 atom stereocenters. The molecule has 2 aromatic rings. The van der Waals surface area contributed by atoms with Crippen LogP contribution in [0.3, 0.4) is 0 Å². The van der Waals surface area contributed by atoms with Crippen LogP contribution in [0, 0.1) is 0 Å². The fraction of sp³-hybridized carbons (Fsp3) is 0.348. The van der Waals surface area contributed by atoms with Crippen LogP contribution in [0.4, 0.5) is 11.4 Å².